The number of esters is 1. The molecule has 0 fully saturated rings. The van der Waals surface area contributed by atoms with Crippen molar-refractivity contribution in [2.24, 2.45) is 0 Å². The first-order valence-electron chi connectivity index (χ1n) is 9.23. The molecule has 7 heteroatoms. The highest BCUT2D eigenvalue weighted by molar-refractivity contribution is 7.09. The van der Waals surface area contributed by atoms with Crippen LogP contribution in [-0.2, 0) is 22.5 Å². The lowest BCUT2D eigenvalue weighted by Crippen LogP contribution is -2.35. The molecule has 1 N–H and O–H groups in total. The number of hydrogen-bond donors (Lipinski definition) is 1. The minimum absolute atomic E-state index is 0.150. The second kappa shape index (κ2) is 9.84. The fourth-order valence-electron chi connectivity index (χ4n) is 2.80. The van der Waals surface area contributed by atoms with E-state index in [1.54, 1.807) is 16.2 Å². The number of Topliss-reactive ketones (excluding diaryl/α,β-unsaturated/α-hetero) is 1. The molecule has 2 aromatic heterocycles. The Balaban J connectivity index is 1.60. The van der Waals surface area contributed by atoms with Gasteiger partial charge in [-0.05, 0) is 36.4 Å². The van der Waals surface area contributed by atoms with Gasteiger partial charge in [-0.3, -0.25) is 9.59 Å². The maximum Gasteiger partial charge on any atom is 0.355 e. The summed E-state index contributed by atoms with van der Waals surface area (Å²) < 4.78 is 5.17. The van der Waals surface area contributed by atoms with Crippen molar-refractivity contribution in [1.82, 2.24) is 9.88 Å². The summed E-state index contributed by atoms with van der Waals surface area (Å²) >= 11 is 1.58. The summed E-state index contributed by atoms with van der Waals surface area (Å²) in [5, 5.41) is 1.97. The number of thiophene rings is 1. The second-order valence-electron chi connectivity index (χ2n) is 6.56. The molecule has 0 saturated carbocycles. The molecule has 6 nitrogen and oxygen atoms in total. The number of ketones is 1. The summed E-state index contributed by atoms with van der Waals surface area (Å²) in [6, 6.07) is 15.3. The molecule has 1 amide bonds. The smallest absolute Gasteiger partial charge is 0.355 e. The molecule has 0 unspecified atom stereocenters. The average Bonchev–Trinajstić information content (AvgIpc) is 3.42. The Bertz CT molecular complexity index is 964. The monoisotopic (exact) mass is 410 g/mol. The van der Waals surface area contributed by atoms with Crippen molar-refractivity contribution >= 4 is 29.0 Å². The van der Waals surface area contributed by atoms with E-state index in [1.807, 2.05) is 47.8 Å². The molecule has 150 valence electrons. The molecule has 0 atom stereocenters. The van der Waals surface area contributed by atoms with Crippen molar-refractivity contribution in [1.29, 1.82) is 0 Å². The van der Waals surface area contributed by atoms with E-state index in [0.29, 0.717) is 25.1 Å². The van der Waals surface area contributed by atoms with Crippen LogP contribution in [0.1, 0.15) is 38.2 Å². The van der Waals surface area contributed by atoms with Crippen molar-refractivity contribution in [2.45, 2.75) is 19.9 Å². The molecule has 2 heterocycles. The van der Waals surface area contributed by atoms with Gasteiger partial charge in [0.25, 0.3) is 5.91 Å². The summed E-state index contributed by atoms with van der Waals surface area (Å²) in [7, 11) is 0. The van der Waals surface area contributed by atoms with Crippen LogP contribution in [-0.4, -0.2) is 40.7 Å². The van der Waals surface area contributed by atoms with Crippen molar-refractivity contribution in [3.05, 3.63) is 81.8 Å². The number of nitrogens with zero attached hydrogens (tertiary/aromatic N) is 1. The number of aromatic amines is 1. The molecule has 3 rings (SSSR count). The molecular weight excluding hydrogens is 388 g/mol. The average molecular weight is 410 g/mol. The largest absolute Gasteiger partial charge is 0.451 e. The molecular formula is C22H22N2O4S. The number of ether oxygens (including phenoxy) is 1. The lowest BCUT2D eigenvalue weighted by atomic mass is 10.1. The van der Waals surface area contributed by atoms with Crippen LogP contribution in [0.4, 0.5) is 0 Å². The number of rotatable bonds is 9. The van der Waals surface area contributed by atoms with E-state index in [9.17, 15) is 14.4 Å². The van der Waals surface area contributed by atoms with Crippen molar-refractivity contribution in [3.8, 4) is 0 Å². The van der Waals surface area contributed by atoms with E-state index in [1.165, 1.54) is 19.2 Å². The van der Waals surface area contributed by atoms with Gasteiger partial charge in [0, 0.05) is 23.2 Å². The van der Waals surface area contributed by atoms with Crippen LogP contribution in [0.25, 0.3) is 0 Å². The van der Waals surface area contributed by atoms with Crippen LogP contribution in [0.5, 0.6) is 0 Å². The summed E-state index contributed by atoms with van der Waals surface area (Å²) in [5.74, 6) is -1.08. The molecule has 0 aliphatic heterocycles. The Kier molecular flexibility index (Phi) is 6.97. The molecule has 1 aromatic carbocycles. The molecule has 0 aliphatic rings. The number of amides is 1. The van der Waals surface area contributed by atoms with E-state index in [4.69, 9.17) is 4.74 Å². The van der Waals surface area contributed by atoms with Gasteiger partial charge >= 0.3 is 5.97 Å². The first-order valence-corrected chi connectivity index (χ1v) is 10.1. The minimum atomic E-state index is -0.662. The highest BCUT2D eigenvalue weighted by Gasteiger charge is 2.18. The maximum absolute atomic E-state index is 12.7. The maximum atomic E-state index is 12.7. The minimum Gasteiger partial charge on any atom is -0.451 e. The Hall–Kier alpha value is -3.19. The molecule has 0 saturated heterocycles. The fourth-order valence-corrected chi connectivity index (χ4v) is 3.52. The zero-order valence-electron chi connectivity index (χ0n) is 16.1. The SMILES string of the molecule is CC(=O)c1c[nH]c(C(=O)OCC(=O)N(CCc2ccccc2)Cc2cccs2)c1. The normalized spacial score (nSPS) is 10.5. The zero-order valence-corrected chi connectivity index (χ0v) is 16.9. The van der Waals surface area contributed by atoms with Gasteiger partial charge < -0.3 is 14.6 Å². The zero-order chi connectivity index (χ0) is 20.6. The lowest BCUT2D eigenvalue weighted by Gasteiger charge is -2.22. The van der Waals surface area contributed by atoms with Crippen molar-refractivity contribution in [2.75, 3.05) is 13.2 Å². The quantitative estimate of drug-likeness (QED) is 0.431. The van der Waals surface area contributed by atoms with Gasteiger partial charge in [0.2, 0.25) is 0 Å². The molecule has 0 aliphatic carbocycles. The number of nitrogens with one attached hydrogen (secondary N) is 1. The number of hydrogen-bond acceptors (Lipinski definition) is 5. The van der Waals surface area contributed by atoms with E-state index in [-0.39, 0.29) is 24.0 Å². The Morgan fingerprint density at radius 3 is 2.55 bits per heavy atom. The van der Waals surface area contributed by atoms with Gasteiger partial charge in [-0.1, -0.05) is 36.4 Å². The predicted molar refractivity (Wildman–Crippen MR) is 111 cm³/mol. The van der Waals surface area contributed by atoms with Crippen LogP contribution < -0.4 is 0 Å². The summed E-state index contributed by atoms with van der Waals surface area (Å²) in [6.45, 7) is 2.05. The summed E-state index contributed by atoms with van der Waals surface area (Å²) in [5.41, 5.74) is 1.68. The molecule has 0 radical (unpaired) electrons. The van der Waals surface area contributed by atoms with Gasteiger partial charge in [-0.25, -0.2) is 4.79 Å². The molecule has 3 aromatic rings. The van der Waals surface area contributed by atoms with E-state index < -0.39 is 5.97 Å². The third-order valence-corrected chi connectivity index (χ3v) is 5.29. The van der Waals surface area contributed by atoms with Gasteiger partial charge in [0.1, 0.15) is 5.69 Å². The lowest BCUT2D eigenvalue weighted by molar-refractivity contribution is -0.135. The standard InChI is InChI=1S/C22H22N2O4S/c1-16(25)18-12-20(23-13-18)22(27)28-15-21(26)24(14-19-8-5-11-29-19)10-9-17-6-3-2-4-7-17/h2-8,11-13,23H,9-10,14-15H2,1H3. The number of H-pyrrole nitrogens is 1. The highest BCUT2D eigenvalue weighted by Crippen LogP contribution is 2.13. The topological polar surface area (TPSA) is 79.5 Å². The summed E-state index contributed by atoms with van der Waals surface area (Å²) in [6.07, 6.45) is 2.16. The second-order valence-corrected chi connectivity index (χ2v) is 7.60. The van der Waals surface area contributed by atoms with E-state index in [2.05, 4.69) is 4.98 Å². The first kappa shape index (κ1) is 20.5. The Morgan fingerprint density at radius 1 is 1.10 bits per heavy atom. The van der Waals surface area contributed by atoms with Crippen molar-refractivity contribution < 1.29 is 19.1 Å². The van der Waals surface area contributed by atoms with Gasteiger partial charge in [-0.2, -0.15) is 0 Å². The van der Waals surface area contributed by atoms with Crippen LogP contribution in [0.3, 0.4) is 0 Å². The van der Waals surface area contributed by atoms with E-state index in [0.717, 1.165) is 10.4 Å². The van der Waals surface area contributed by atoms with Crippen LogP contribution >= 0.6 is 11.3 Å². The number of carbonyl (C=O) groups is 3. The molecule has 0 bridgehead atoms. The summed E-state index contributed by atoms with van der Waals surface area (Å²) in [4.78, 5) is 41.7. The molecule has 0 spiro atoms. The third-order valence-electron chi connectivity index (χ3n) is 4.43. The Labute approximate surface area is 173 Å². The van der Waals surface area contributed by atoms with E-state index >= 15 is 0 Å². The van der Waals surface area contributed by atoms with Crippen molar-refractivity contribution in [3.63, 3.8) is 0 Å². The van der Waals surface area contributed by atoms with Gasteiger partial charge in [0.05, 0.1) is 6.54 Å². The predicted octanol–water partition coefficient (Wildman–Crippen LogP) is 3.71. The van der Waals surface area contributed by atoms with Gasteiger partial charge in [-0.15, -0.1) is 11.3 Å². The first-order chi connectivity index (χ1) is 14.0. The van der Waals surface area contributed by atoms with Gasteiger partial charge in [0.15, 0.2) is 12.4 Å². The fraction of sp³-hybridized carbons (Fsp3) is 0.227. The number of benzene rings is 1. The number of carbonyl (C=O) groups excluding carboxylic acids is 3. The van der Waals surface area contributed by atoms with Crippen LogP contribution in [0, 0.1) is 0 Å². The third kappa shape index (κ3) is 5.89. The van der Waals surface area contributed by atoms with Crippen LogP contribution in [0.15, 0.2) is 60.1 Å². The Morgan fingerprint density at radius 2 is 1.90 bits per heavy atom. The molecule has 29 heavy (non-hydrogen) atoms. The highest BCUT2D eigenvalue weighted by atomic mass is 32.1. The van der Waals surface area contributed by atoms with Crippen LogP contribution in [0.2, 0.25) is 0 Å². The number of aromatic nitrogens is 1.